The van der Waals surface area contributed by atoms with E-state index in [1.807, 2.05) is 24.3 Å². The summed E-state index contributed by atoms with van der Waals surface area (Å²) in [6.45, 7) is 2.79. The summed E-state index contributed by atoms with van der Waals surface area (Å²) in [5.41, 5.74) is 3.96. The predicted octanol–water partition coefficient (Wildman–Crippen LogP) is 5.65. The first kappa shape index (κ1) is 20.9. The summed E-state index contributed by atoms with van der Waals surface area (Å²) >= 11 is 0. The van der Waals surface area contributed by atoms with E-state index >= 15 is 0 Å². The number of nitrogens with zero attached hydrogens (tertiary/aromatic N) is 2. The lowest BCUT2D eigenvalue weighted by Crippen LogP contribution is -2.49. The molecule has 3 aromatic carbocycles. The van der Waals surface area contributed by atoms with Gasteiger partial charge in [-0.2, -0.15) is 0 Å². The van der Waals surface area contributed by atoms with Gasteiger partial charge in [-0.3, -0.25) is 14.9 Å². The Morgan fingerprint density at radius 3 is 2.45 bits per heavy atom. The number of likely N-dealkylation sites (tertiary alicyclic amines) is 1. The lowest BCUT2D eigenvalue weighted by molar-refractivity contribution is -0.385. The Labute approximate surface area is 192 Å². The molecule has 0 aliphatic carbocycles. The summed E-state index contributed by atoms with van der Waals surface area (Å²) < 4.78 is 6.45. The van der Waals surface area contributed by atoms with Gasteiger partial charge in [-0.05, 0) is 48.4 Å². The Morgan fingerprint density at radius 1 is 1.00 bits per heavy atom. The topological polar surface area (TPSA) is 72.7 Å². The van der Waals surface area contributed by atoms with Gasteiger partial charge >= 0.3 is 0 Å². The molecule has 6 nitrogen and oxygen atoms in total. The molecule has 0 aromatic heterocycles. The van der Waals surface area contributed by atoms with E-state index in [-0.39, 0.29) is 11.6 Å². The third-order valence-corrected chi connectivity index (χ3v) is 6.53. The van der Waals surface area contributed by atoms with Crippen molar-refractivity contribution in [3.05, 3.63) is 99.6 Å². The van der Waals surface area contributed by atoms with E-state index in [0.29, 0.717) is 37.1 Å². The van der Waals surface area contributed by atoms with Crippen LogP contribution in [0.25, 0.3) is 17.2 Å². The number of ether oxygens (including phenoxy) is 1. The number of amides is 1. The van der Waals surface area contributed by atoms with E-state index in [4.69, 9.17) is 4.74 Å². The Balaban J connectivity index is 1.28. The van der Waals surface area contributed by atoms with Gasteiger partial charge in [0.2, 0.25) is 0 Å². The molecule has 1 saturated heterocycles. The maximum absolute atomic E-state index is 13.0. The molecule has 3 aromatic rings. The fraction of sp³-hybridized carbons (Fsp3) is 0.222. The van der Waals surface area contributed by atoms with Gasteiger partial charge in [0.15, 0.2) is 0 Å². The molecule has 33 heavy (non-hydrogen) atoms. The van der Waals surface area contributed by atoms with Crippen LogP contribution in [0.3, 0.4) is 0 Å². The SMILES string of the molecule is Cc1cc(C(=O)N2CCC3(C=Cc4cc(-c5ccccc5)ccc4O3)CC2)ccc1[N+](=O)[O-]. The lowest BCUT2D eigenvalue weighted by atomic mass is 9.87. The van der Waals surface area contributed by atoms with Crippen LogP contribution in [0, 0.1) is 17.0 Å². The zero-order chi connectivity index (χ0) is 23.0. The predicted molar refractivity (Wildman–Crippen MR) is 127 cm³/mol. The van der Waals surface area contributed by atoms with Crippen molar-refractivity contribution in [3.8, 4) is 16.9 Å². The Kier molecular flexibility index (Phi) is 5.21. The zero-order valence-corrected chi connectivity index (χ0v) is 18.4. The maximum Gasteiger partial charge on any atom is 0.272 e. The van der Waals surface area contributed by atoms with E-state index in [0.717, 1.165) is 16.9 Å². The Morgan fingerprint density at radius 2 is 1.76 bits per heavy atom. The standard InChI is InChI=1S/C27H24N2O4/c1-19-17-23(7-9-24(19)29(31)32)26(30)28-15-13-27(14-16-28)12-11-22-18-21(8-10-25(22)33-27)20-5-3-2-4-6-20/h2-12,17-18H,13-16H2,1H3. The van der Waals surface area contributed by atoms with Crippen LogP contribution in [0.5, 0.6) is 5.75 Å². The molecular weight excluding hydrogens is 416 g/mol. The Bertz CT molecular complexity index is 1260. The number of nitro benzene ring substituents is 1. The summed E-state index contributed by atoms with van der Waals surface area (Å²) in [6, 6.07) is 21.0. The molecule has 1 fully saturated rings. The van der Waals surface area contributed by atoms with Crippen molar-refractivity contribution in [3.63, 3.8) is 0 Å². The summed E-state index contributed by atoms with van der Waals surface area (Å²) in [7, 11) is 0. The zero-order valence-electron chi connectivity index (χ0n) is 18.4. The minimum atomic E-state index is -0.429. The van der Waals surface area contributed by atoms with Crippen LogP contribution < -0.4 is 4.74 Å². The molecule has 1 amide bonds. The van der Waals surface area contributed by atoms with Gasteiger partial charge in [0.05, 0.1) is 4.92 Å². The van der Waals surface area contributed by atoms with E-state index in [1.54, 1.807) is 17.9 Å². The molecule has 6 heteroatoms. The summed E-state index contributed by atoms with van der Waals surface area (Å²) in [4.78, 5) is 25.4. The van der Waals surface area contributed by atoms with Crippen molar-refractivity contribution in [2.75, 3.05) is 13.1 Å². The first-order chi connectivity index (χ1) is 15.9. The molecule has 5 rings (SSSR count). The van der Waals surface area contributed by atoms with Crippen LogP contribution in [-0.2, 0) is 0 Å². The van der Waals surface area contributed by atoms with Crippen molar-refractivity contribution in [1.29, 1.82) is 0 Å². The fourth-order valence-corrected chi connectivity index (χ4v) is 4.61. The molecule has 0 bridgehead atoms. The third kappa shape index (κ3) is 4.00. The normalized spacial score (nSPS) is 16.2. The molecule has 1 spiro atoms. The van der Waals surface area contributed by atoms with Crippen molar-refractivity contribution in [2.45, 2.75) is 25.4 Å². The molecule has 166 valence electrons. The van der Waals surface area contributed by atoms with Crippen LogP contribution in [0.1, 0.15) is 34.3 Å². The van der Waals surface area contributed by atoms with E-state index in [2.05, 4.69) is 36.4 Å². The second kappa shape index (κ2) is 8.20. The minimum absolute atomic E-state index is 0.0268. The van der Waals surface area contributed by atoms with Crippen molar-refractivity contribution < 1.29 is 14.5 Å². The molecule has 2 aliphatic heterocycles. The average Bonchev–Trinajstić information content (AvgIpc) is 2.84. The summed E-state index contributed by atoms with van der Waals surface area (Å²) in [5.74, 6) is 0.762. The second-order valence-corrected chi connectivity index (χ2v) is 8.67. The number of carbonyl (C=O) groups excluding carboxylic acids is 1. The van der Waals surface area contributed by atoms with Gasteiger partial charge in [0, 0.05) is 48.7 Å². The largest absolute Gasteiger partial charge is 0.482 e. The maximum atomic E-state index is 13.0. The van der Waals surface area contributed by atoms with Crippen molar-refractivity contribution in [2.24, 2.45) is 0 Å². The molecule has 2 aliphatic rings. The number of rotatable bonds is 3. The van der Waals surface area contributed by atoms with Gasteiger partial charge in [0.1, 0.15) is 11.4 Å². The molecule has 0 atom stereocenters. The third-order valence-electron chi connectivity index (χ3n) is 6.53. The van der Waals surface area contributed by atoms with Crippen LogP contribution in [0.2, 0.25) is 0 Å². The fourth-order valence-electron chi connectivity index (χ4n) is 4.61. The Hall–Kier alpha value is -3.93. The highest BCUT2D eigenvalue weighted by atomic mass is 16.6. The molecule has 0 radical (unpaired) electrons. The molecule has 0 unspecified atom stereocenters. The number of hydrogen-bond acceptors (Lipinski definition) is 4. The van der Waals surface area contributed by atoms with Gasteiger partial charge in [0.25, 0.3) is 11.6 Å². The van der Waals surface area contributed by atoms with Crippen LogP contribution >= 0.6 is 0 Å². The number of piperidine rings is 1. The molecule has 0 N–H and O–H groups in total. The highest BCUT2D eigenvalue weighted by Gasteiger charge is 2.38. The van der Waals surface area contributed by atoms with Crippen LogP contribution in [0.15, 0.2) is 72.8 Å². The summed E-state index contributed by atoms with van der Waals surface area (Å²) in [5, 5.41) is 11.0. The second-order valence-electron chi connectivity index (χ2n) is 8.67. The quantitative estimate of drug-likeness (QED) is 0.390. The number of nitro groups is 1. The number of fused-ring (bicyclic) bond motifs is 1. The molecule has 0 saturated carbocycles. The van der Waals surface area contributed by atoms with Crippen LogP contribution in [-0.4, -0.2) is 34.4 Å². The van der Waals surface area contributed by atoms with Gasteiger partial charge in [-0.1, -0.05) is 42.5 Å². The molecule has 2 heterocycles. The average molecular weight is 440 g/mol. The summed E-state index contributed by atoms with van der Waals surface area (Å²) in [6.07, 6.45) is 5.65. The number of benzene rings is 3. The minimum Gasteiger partial charge on any atom is -0.482 e. The van der Waals surface area contributed by atoms with E-state index in [1.165, 1.54) is 17.7 Å². The first-order valence-corrected chi connectivity index (χ1v) is 11.1. The highest BCUT2D eigenvalue weighted by Crippen LogP contribution is 2.39. The van der Waals surface area contributed by atoms with E-state index < -0.39 is 10.5 Å². The van der Waals surface area contributed by atoms with E-state index in [9.17, 15) is 14.9 Å². The number of aryl methyl sites for hydroxylation is 1. The lowest BCUT2D eigenvalue weighted by Gasteiger charge is -2.42. The van der Waals surface area contributed by atoms with Gasteiger partial charge in [-0.25, -0.2) is 0 Å². The van der Waals surface area contributed by atoms with Gasteiger partial charge < -0.3 is 9.64 Å². The van der Waals surface area contributed by atoms with Crippen molar-refractivity contribution >= 4 is 17.7 Å². The highest BCUT2D eigenvalue weighted by molar-refractivity contribution is 5.94. The molecular formula is C27H24N2O4. The first-order valence-electron chi connectivity index (χ1n) is 11.1. The number of hydrogen-bond donors (Lipinski definition) is 0. The van der Waals surface area contributed by atoms with Gasteiger partial charge in [-0.15, -0.1) is 0 Å². The smallest absolute Gasteiger partial charge is 0.272 e. The number of carbonyl (C=O) groups is 1. The van der Waals surface area contributed by atoms with Crippen molar-refractivity contribution in [1.82, 2.24) is 4.90 Å². The van der Waals surface area contributed by atoms with Crippen LogP contribution in [0.4, 0.5) is 5.69 Å². The monoisotopic (exact) mass is 440 g/mol.